The van der Waals surface area contributed by atoms with Crippen molar-refractivity contribution in [2.45, 2.75) is 11.8 Å². The standard InChI is InChI=1S/C12H11N3O2S/c1-3-4-5-10-8(2)18-11-6-9(15(16)17)7-13-12(11)14-10/h3-7H,1H2,2H3,(H,13,14)/b5-4-. The van der Waals surface area contributed by atoms with Gasteiger partial charge in [0.05, 0.1) is 9.82 Å². The normalized spacial score (nSPS) is 14.3. The van der Waals surface area contributed by atoms with Crippen molar-refractivity contribution in [2.75, 3.05) is 5.32 Å². The van der Waals surface area contributed by atoms with Crippen LogP contribution in [0.5, 0.6) is 0 Å². The van der Waals surface area contributed by atoms with E-state index in [1.807, 2.05) is 19.1 Å². The fraction of sp³-hybridized carbons (Fsp3) is 0.0833. The molecule has 1 aromatic heterocycles. The van der Waals surface area contributed by atoms with E-state index in [-0.39, 0.29) is 5.69 Å². The van der Waals surface area contributed by atoms with Gasteiger partial charge >= 0.3 is 0 Å². The fourth-order valence-corrected chi connectivity index (χ4v) is 2.40. The third-order valence-electron chi connectivity index (χ3n) is 2.34. The predicted octanol–water partition coefficient (Wildman–Crippen LogP) is 3.48. The fourth-order valence-electron chi connectivity index (χ4n) is 1.46. The third-order valence-corrected chi connectivity index (χ3v) is 3.40. The second-order valence-corrected chi connectivity index (χ2v) is 4.85. The van der Waals surface area contributed by atoms with E-state index in [0.717, 1.165) is 15.5 Å². The molecule has 0 aromatic carbocycles. The lowest BCUT2D eigenvalue weighted by atomic mass is 10.3. The Morgan fingerprint density at radius 2 is 2.39 bits per heavy atom. The summed E-state index contributed by atoms with van der Waals surface area (Å²) in [6, 6.07) is 1.53. The number of nitro groups is 1. The lowest BCUT2D eigenvalue weighted by molar-refractivity contribution is -0.385. The number of anilines is 1. The van der Waals surface area contributed by atoms with E-state index in [2.05, 4.69) is 16.9 Å². The molecule has 1 aliphatic heterocycles. The molecule has 0 radical (unpaired) electrons. The molecule has 92 valence electrons. The van der Waals surface area contributed by atoms with Crippen LogP contribution in [0.25, 0.3) is 0 Å². The molecule has 2 heterocycles. The highest BCUT2D eigenvalue weighted by molar-refractivity contribution is 8.03. The summed E-state index contributed by atoms with van der Waals surface area (Å²) in [6.45, 7) is 5.56. The minimum atomic E-state index is -0.444. The maximum atomic E-state index is 10.7. The van der Waals surface area contributed by atoms with Crippen LogP contribution >= 0.6 is 11.8 Å². The highest BCUT2D eigenvalue weighted by Crippen LogP contribution is 2.39. The van der Waals surface area contributed by atoms with E-state index in [9.17, 15) is 10.1 Å². The Hall–Kier alpha value is -2.08. The molecule has 0 atom stereocenters. The van der Waals surface area contributed by atoms with Crippen LogP contribution < -0.4 is 5.32 Å². The van der Waals surface area contributed by atoms with Gasteiger partial charge in [-0.1, -0.05) is 30.5 Å². The molecule has 1 N–H and O–H groups in total. The highest BCUT2D eigenvalue weighted by Gasteiger charge is 2.18. The number of nitrogens with one attached hydrogen (secondary N) is 1. The molecule has 18 heavy (non-hydrogen) atoms. The number of hydrogen-bond acceptors (Lipinski definition) is 5. The number of hydrogen-bond donors (Lipinski definition) is 1. The topological polar surface area (TPSA) is 68.1 Å². The highest BCUT2D eigenvalue weighted by atomic mass is 32.2. The quantitative estimate of drug-likeness (QED) is 0.512. The minimum Gasteiger partial charge on any atom is -0.339 e. The Balaban J connectivity index is 2.34. The lowest BCUT2D eigenvalue weighted by Gasteiger charge is -2.18. The van der Waals surface area contributed by atoms with E-state index in [1.54, 1.807) is 6.08 Å². The SMILES string of the molecule is C=C/C=C\C1=C(C)Sc2cc([N+](=O)[O-])cnc2N1. The van der Waals surface area contributed by atoms with Crippen molar-refractivity contribution in [3.05, 3.63) is 57.8 Å². The Morgan fingerprint density at radius 3 is 3.06 bits per heavy atom. The Labute approximate surface area is 108 Å². The maximum Gasteiger partial charge on any atom is 0.288 e. The summed E-state index contributed by atoms with van der Waals surface area (Å²) in [5.41, 5.74) is 0.926. The first-order valence-corrected chi connectivity index (χ1v) is 6.02. The van der Waals surface area contributed by atoms with Crippen LogP contribution in [0.1, 0.15) is 6.92 Å². The van der Waals surface area contributed by atoms with E-state index >= 15 is 0 Å². The van der Waals surface area contributed by atoms with Gasteiger partial charge < -0.3 is 5.32 Å². The Bertz CT molecular complexity index is 579. The molecule has 0 aliphatic carbocycles. The van der Waals surface area contributed by atoms with Gasteiger partial charge in [0.15, 0.2) is 0 Å². The minimum absolute atomic E-state index is 0.000864. The average Bonchev–Trinajstić information content (AvgIpc) is 2.35. The van der Waals surface area contributed by atoms with Crippen molar-refractivity contribution in [1.82, 2.24) is 4.98 Å². The van der Waals surface area contributed by atoms with Gasteiger partial charge in [0, 0.05) is 16.7 Å². The molecule has 1 aromatic rings. The first kappa shape index (κ1) is 12.4. The van der Waals surface area contributed by atoms with Crippen molar-refractivity contribution in [1.29, 1.82) is 0 Å². The van der Waals surface area contributed by atoms with Gasteiger partial charge in [-0.2, -0.15) is 0 Å². The average molecular weight is 261 g/mol. The number of nitrogens with zero attached hydrogens (tertiary/aromatic N) is 2. The smallest absolute Gasteiger partial charge is 0.288 e. The molecule has 5 nitrogen and oxygen atoms in total. The molecule has 0 unspecified atom stereocenters. The van der Waals surface area contributed by atoms with Crippen molar-refractivity contribution in [3.63, 3.8) is 0 Å². The van der Waals surface area contributed by atoms with Gasteiger partial charge in [-0.25, -0.2) is 4.98 Å². The van der Waals surface area contributed by atoms with E-state index < -0.39 is 4.92 Å². The number of aromatic nitrogens is 1. The summed E-state index contributed by atoms with van der Waals surface area (Å²) in [4.78, 5) is 16.1. The lowest BCUT2D eigenvalue weighted by Crippen LogP contribution is -2.07. The van der Waals surface area contributed by atoms with Crippen LogP contribution in [-0.2, 0) is 0 Å². The first-order chi connectivity index (χ1) is 8.61. The Morgan fingerprint density at radius 1 is 1.61 bits per heavy atom. The summed E-state index contributed by atoms with van der Waals surface area (Å²) >= 11 is 1.47. The van der Waals surface area contributed by atoms with Crippen molar-refractivity contribution in [3.8, 4) is 0 Å². The monoisotopic (exact) mass is 261 g/mol. The molecule has 0 saturated carbocycles. The predicted molar refractivity (Wildman–Crippen MR) is 72.4 cm³/mol. The van der Waals surface area contributed by atoms with E-state index in [1.165, 1.54) is 24.0 Å². The molecular formula is C12H11N3O2S. The number of allylic oxidation sites excluding steroid dienone is 4. The van der Waals surface area contributed by atoms with Crippen molar-refractivity contribution >= 4 is 23.3 Å². The van der Waals surface area contributed by atoms with E-state index in [0.29, 0.717) is 5.82 Å². The van der Waals surface area contributed by atoms with Crippen molar-refractivity contribution < 1.29 is 4.92 Å². The third kappa shape index (κ3) is 2.43. The zero-order valence-electron chi connectivity index (χ0n) is 9.71. The summed E-state index contributed by atoms with van der Waals surface area (Å²) in [6.07, 6.45) is 6.65. The molecular weight excluding hydrogens is 250 g/mol. The molecule has 0 saturated heterocycles. The van der Waals surface area contributed by atoms with Crippen LogP contribution in [-0.4, -0.2) is 9.91 Å². The Kier molecular flexibility index (Phi) is 3.47. The number of rotatable bonds is 3. The molecule has 0 bridgehead atoms. The summed E-state index contributed by atoms with van der Waals surface area (Å²) in [5, 5.41) is 13.8. The zero-order valence-corrected chi connectivity index (χ0v) is 10.5. The molecule has 2 rings (SSSR count). The van der Waals surface area contributed by atoms with Crippen molar-refractivity contribution in [2.24, 2.45) is 0 Å². The van der Waals surface area contributed by atoms with Crippen LogP contribution in [0, 0.1) is 10.1 Å². The second-order valence-electron chi connectivity index (χ2n) is 3.59. The largest absolute Gasteiger partial charge is 0.339 e. The summed E-state index contributed by atoms with van der Waals surface area (Å²) < 4.78 is 0. The van der Waals surface area contributed by atoms with Gasteiger partial charge in [-0.05, 0) is 13.0 Å². The summed E-state index contributed by atoms with van der Waals surface area (Å²) in [7, 11) is 0. The number of fused-ring (bicyclic) bond motifs is 1. The van der Waals surface area contributed by atoms with Crippen LogP contribution in [0.3, 0.4) is 0 Å². The van der Waals surface area contributed by atoms with Gasteiger partial charge in [0.1, 0.15) is 12.0 Å². The van der Waals surface area contributed by atoms with Gasteiger partial charge in [0.2, 0.25) is 0 Å². The van der Waals surface area contributed by atoms with E-state index in [4.69, 9.17) is 0 Å². The van der Waals surface area contributed by atoms with Gasteiger partial charge in [0.25, 0.3) is 5.69 Å². The number of thioether (sulfide) groups is 1. The molecule has 6 heteroatoms. The van der Waals surface area contributed by atoms with Gasteiger partial charge in [-0.15, -0.1) is 0 Å². The molecule has 0 spiro atoms. The zero-order chi connectivity index (χ0) is 13.1. The number of pyridine rings is 1. The molecule has 0 fully saturated rings. The van der Waals surface area contributed by atoms with Gasteiger partial charge in [-0.3, -0.25) is 10.1 Å². The molecule has 1 aliphatic rings. The van der Waals surface area contributed by atoms with Crippen LogP contribution in [0.4, 0.5) is 11.5 Å². The first-order valence-electron chi connectivity index (χ1n) is 5.21. The molecule has 0 amide bonds. The summed E-state index contributed by atoms with van der Waals surface area (Å²) in [5.74, 6) is 0.639. The maximum absolute atomic E-state index is 10.7. The van der Waals surface area contributed by atoms with Crippen LogP contribution in [0.2, 0.25) is 0 Å². The van der Waals surface area contributed by atoms with Crippen LogP contribution in [0.15, 0.2) is 52.6 Å². The second kappa shape index (κ2) is 5.05.